The van der Waals surface area contributed by atoms with Crippen molar-refractivity contribution in [3.8, 4) is 0 Å². The van der Waals surface area contributed by atoms with Crippen LogP contribution in [0.4, 0.5) is 0 Å². The van der Waals surface area contributed by atoms with Gasteiger partial charge in [0.15, 0.2) is 0 Å². The van der Waals surface area contributed by atoms with E-state index in [-0.39, 0.29) is 5.91 Å². The number of nitrogens with one attached hydrogen (secondary N) is 1. The third kappa shape index (κ3) is 2.65. The van der Waals surface area contributed by atoms with Crippen LogP contribution in [0.3, 0.4) is 0 Å². The van der Waals surface area contributed by atoms with Gasteiger partial charge in [-0.1, -0.05) is 48.0 Å². The van der Waals surface area contributed by atoms with Gasteiger partial charge in [-0.3, -0.25) is 4.79 Å². The number of aryl methyl sites for hydroxylation is 1. The number of hydrogen-bond donors (Lipinski definition) is 1. The first-order chi connectivity index (χ1) is 10.2. The van der Waals surface area contributed by atoms with Crippen LogP contribution >= 0.6 is 11.6 Å². The highest BCUT2D eigenvalue weighted by atomic mass is 35.5. The molecule has 4 heteroatoms. The molecule has 0 unspecified atom stereocenters. The van der Waals surface area contributed by atoms with Crippen molar-refractivity contribution < 1.29 is 4.79 Å². The lowest BCUT2D eigenvalue weighted by Gasteiger charge is -2.06. The lowest BCUT2D eigenvalue weighted by Crippen LogP contribution is -2.24. The zero-order valence-corrected chi connectivity index (χ0v) is 12.4. The lowest BCUT2D eigenvalue weighted by molar-refractivity contribution is 0.0943. The average molecular weight is 299 g/mol. The first-order valence-electron chi connectivity index (χ1n) is 6.73. The van der Waals surface area contributed by atoms with E-state index >= 15 is 0 Å². The van der Waals surface area contributed by atoms with E-state index in [4.69, 9.17) is 11.6 Å². The Balaban J connectivity index is 1.85. The Hall–Kier alpha value is -2.26. The number of carbonyl (C=O) groups is 1. The van der Waals surface area contributed by atoms with Crippen molar-refractivity contribution in [3.63, 3.8) is 0 Å². The highest BCUT2D eigenvalue weighted by molar-refractivity contribution is 6.35. The van der Waals surface area contributed by atoms with Crippen LogP contribution in [0.2, 0.25) is 5.02 Å². The molecule has 0 aliphatic carbocycles. The van der Waals surface area contributed by atoms with E-state index < -0.39 is 0 Å². The Morgan fingerprint density at radius 3 is 2.62 bits per heavy atom. The van der Waals surface area contributed by atoms with E-state index in [1.54, 1.807) is 0 Å². The van der Waals surface area contributed by atoms with Crippen LogP contribution in [-0.2, 0) is 13.6 Å². The summed E-state index contributed by atoms with van der Waals surface area (Å²) in [5, 5.41) is 4.49. The number of aromatic nitrogens is 1. The minimum absolute atomic E-state index is 0.103. The predicted molar refractivity (Wildman–Crippen MR) is 85.5 cm³/mol. The van der Waals surface area contributed by atoms with Crippen LogP contribution in [0, 0.1) is 0 Å². The lowest BCUT2D eigenvalue weighted by atomic mass is 10.2. The molecule has 0 radical (unpaired) electrons. The summed E-state index contributed by atoms with van der Waals surface area (Å²) in [7, 11) is 1.87. The minimum Gasteiger partial charge on any atom is -0.347 e. The van der Waals surface area contributed by atoms with Gasteiger partial charge in [-0.05, 0) is 23.8 Å². The molecule has 0 saturated carbocycles. The Morgan fingerprint density at radius 1 is 1.14 bits per heavy atom. The van der Waals surface area contributed by atoms with E-state index in [1.165, 1.54) is 0 Å². The molecule has 21 heavy (non-hydrogen) atoms. The van der Waals surface area contributed by atoms with Crippen molar-refractivity contribution in [2.45, 2.75) is 6.54 Å². The Bertz CT molecular complexity index is 793. The molecule has 1 amide bonds. The molecule has 0 saturated heterocycles. The fraction of sp³-hybridized carbons (Fsp3) is 0.118. The molecule has 0 atom stereocenters. The fourth-order valence-corrected chi connectivity index (χ4v) is 2.64. The normalized spacial score (nSPS) is 10.8. The van der Waals surface area contributed by atoms with Crippen LogP contribution < -0.4 is 5.32 Å². The van der Waals surface area contributed by atoms with Crippen molar-refractivity contribution in [2.24, 2.45) is 7.05 Å². The maximum atomic E-state index is 12.3. The third-order valence-corrected chi connectivity index (χ3v) is 3.89. The molecule has 1 N–H and O–H groups in total. The van der Waals surface area contributed by atoms with Crippen LogP contribution in [0.15, 0.2) is 54.6 Å². The molecule has 0 fully saturated rings. The summed E-state index contributed by atoms with van der Waals surface area (Å²) in [4.78, 5) is 12.3. The van der Waals surface area contributed by atoms with Crippen LogP contribution in [0.25, 0.3) is 10.9 Å². The highest BCUT2D eigenvalue weighted by Crippen LogP contribution is 2.26. The van der Waals surface area contributed by atoms with Crippen molar-refractivity contribution in [1.82, 2.24) is 9.88 Å². The average Bonchev–Trinajstić information content (AvgIpc) is 2.85. The van der Waals surface area contributed by atoms with Gasteiger partial charge < -0.3 is 9.88 Å². The monoisotopic (exact) mass is 298 g/mol. The van der Waals surface area contributed by atoms with Gasteiger partial charge in [0, 0.05) is 29.5 Å². The number of amides is 1. The van der Waals surface area contributed by atoms with Crippen LogP contribution in [-0.4, -0.2) is 10.5 Å². The molecule has 106 valence electrons. The van der Waals surface area contributed by atoms with Gasteiger partial charge in [-0.2, -0.15) is 0 Å². The zero-order chi connectivity index (χ0) is 14.8. The Kier molecular flexibility index (Phi) is 3.67. The van der Waals surface area contributed by atoms with Crippen molar-refractivity contribution >= 4 is 28.4 Å². The van der Waals surface area contributed by atoms with E-state index in [1.807, 2.05) is 66.2 Å². The largest absolute Gasteiger partial charge is 0.347 e. The van der Waals surface area contributed by atoms with Gasteiger partial charge in [0.05, 0.1) is 0 Å². The first-order valence-corrected chi connectivity index (χ1v) is 7.10. The highest BCUT2D eigenvalue weighted by Gasteiger charge is 2.14. The standard InChI is InChI=1S/C17H15ClN2O/c1-20-15-9-5-8-14(18)13(15)10-16(20)17(21)19-11-12-6-3-2-4-7-12/h2-10H,11H2,1H3,(H,19,21). The molecule has 3 aromatic rings. The number of hydrogen-bond acceptors (Lipinski definition) is 1. The fourth-order valence-electron chi connectivity index (χ4n) is 2.41. The molecule has 0 aliphatic rings. The molecule has 0 aliphatic heterocycles. The predicted octanol–water partition coefficient (Wildman–Crippen LogP) is 3.76. The van der Waals surface area contributed by atoms with Gasteiger partial charge in [0.2, 0.25) is 0 Å². The van der Waals surface area contributed by atoms with Crippen LogP contribution in [0.5, 0.6) is 0 Å². The molecule has 2 aromatic carbocycles. The van der Waals surface area contributed by atoms with Gasteiger partial charge >= 0.3 is 0 Å². The number of nitrogens with zero attached hydrogens (tertiary/aromatic N) is 1. The summed E-state index contributed by atoms with van der Waals surface area (Å²) >= 11 is 6.17. The first kappa shape index (κ1) is 13.7. The number of rotatable bonds is 3. The summed E-state index contributed by atoms with van der Waals surface area (Å²) in [6.07, 6.45) is 0. The SMILES string of the molecule is Cn1c(C(=O)NCc2ccccc2)cc2c(Cl)cccc21. The second kappa shape index (κ2) is 5.62. The maximum Gasteiger partial charge on any atom is 0.268 e. The molecule has 3 nitrogen and oxygen atoms in total. The van der Waals surface area contributed by atoms with Gasteiger partial charge in [-0.15, -0.1) is 0 Å². The summed E-state index contributed by atoms with van der Waals surface area (Å²) in [6.45, 7) is 0.509. The summed E-state index contributed by atoms with van der Waals surface area (Å²) in [5.74, 6) is -0.103. The number of carbonyl (C=O) groups excluding carboxylic acids is 1. The smallest absolute Gasteiger partial charge is 0.268 e. The zero-order valence-electron chi connectivity index (χ0n) is 11.6. The molecular weight excluding hydrogens is 284 g/mol. The van der Waals surface area contributed by atoms with Gasteiger partial charge in [0.1, 0.15) is 5.69 Å². The molecule has 3 rings (SSSR count). The molecule has 1 heterocycles. The Labute approximate surface area is 128 Å². The van der Waals surface area contributed by atoms with Crippen LogP contribution in [0.1, 0.15) is 16.1 Å². The summed E-state index contributed by atoms with van der Waals surface area (Å²) < 4.78 is 1.86. The van der Waals surface area contributed by atoms with Gasteiger partial charge in [-0.25, -0.2) is 0 Å². The van der Waals surface area contributed by atoms with E-state index in [0.29, 0.717) is 17.3 Å². The number of halogens is 1. The quantitative estimate of drug-likeness (QED) is 0.785. The van der Waals surface area contributed by atoms with E-state index in [0.717, 1.165) is 16.5 Å². The second-order valence-corrected chi connectivity index (χ2v) is 5.34. The van der Waals surface area contributed by atoms with Crippen molar-refractivity contribution in [3.05, 3.63) is 70.9 Å². The van der Waals surface area contributed by atoms with Crippen molar-refractivity contribution in [2.75, 3.05) is 0 Å². The molecule has 0 spiro atoms. The molecule has 1 aromatic heterocycles. The molecule has 0 bridgehead atoms. The van der Waals surface area contributed by atoms with E-state index in [2.05, 4.69) is 5.32 Å². The number of fused-ring (bicyclic) bond motifs is 1. The Morgan fingerprint density at radius 2 is 1.90 bits per heavy atom. The summed E-state index contributed by atoms with van der Waals surface area (Å²) in [6, 6.07) is 17.3. The molecular formula is C17H15ClN2O. The van der Waals surface area contributed by atoms with Crippen molar-refractivity contribution in [1.29, 1.82) is 0 Å². The minimum atomic E-state index is -0.103. The maximum absolute atomic E-state index is 12.3. The van der Waals surface area contributed by atoms with E-state index in [9.17, 15) is 4.79 Å². The summed E-state index contributed by atoms with van der Waals surface area (Å²) in [5.41, 5.74) is 2.63. The number of benzene rings is 2. The van der Waals surface area contributed by atoms with Gasteiger partial charge in [0.25, 0.3) is 5.91 Å². The topological polar surface area (TPSA) is 34.0 Å². The second-order valence-electron chi connectivity index (χ2n) is 4.93. The third-order valence-electron chi connectivity index (χ3n) is 3.56.